The molecule has 2 rings (SSSR count). The van der Waals surface area contributed by atoms with Crippen molar-refractivity contribution in [2.45, 2.75) is 0 Å². The molecule has 7 heteroatoms. The maximum atomic E-state index is 11.6. The fourth-order valence-corrected chi connectivity index (χ4v) is 1.47. The van der Waals surface area contributed by atoms with E-state index in [0.29, 0.717) is 10.7 Å². The zero-order valence-corrected chi connectivity index (χ0v) is 9.22. The van der Waals surface area contributed by atoms with Gasteiger partial charge in [0.15, 0.2) is 5.82 Å². The number of benzene rings is 1. The molecule has 0 aliphatic rings. The second-order valence-electron chi connectivity index (χ2n) is 3.10. The summed E-state index contributed by atoms with van der Waals surface area (Å²) in [4.78, 5) is 15.1. The highest BCUT2D eigenvalue weighted by molar-refractivity contribution is 6.32. The quantitative estimate of drug-likeness (QED) is 0.801. The maximum Gasteiger partial charge on any atom is 0.370 e. The predicted octanol–water partition coefficient (Wildman–Crippen LogP) is 0.735. The van der Waals surface area contributed by atoms with Crippen molar-refractivity contribution in [2.75, 3.05) is 5.73 Å². The monoisotopic (exact) mass is 247 g/mol. The molecule has 6 nitrogen and oxygen atoms in total. The molecule has 17 heavy (non-hydrogen) atoms. The molecule has 0 radical (unpaired) electrons. The summed E-state index contributed by atoms with van der Waals surface area (Å²) in [7, 11) is 0. The van der Waals surface area contributed by atoms with Gasteiger partial charge in [-0.3, -0.25) is 0 Å². The van der Waals surface area contributed by atoms with Crippen molar-refractivity contribution in [1.82, 2.24) is 14.8 Å². The summed E-state index contributed by atoms with van der Waals surface area (Å²) in [6, 6.07) is 8.36. The van der Waals surface area contributed by atoms with Gasteiger partial charge >= 0.3 is 5.69 Å². The molecule has 0 unspecified atom stereocenters. The van der Waals surface area contributed by atoms with Gasteiger partial charge in [0.05, 0.1) is 10.7 Å². The van der Waals surface area contributed by atoms with Crippen LogP contribution in [0.15, 0.2) is 29.1 Å². The lowest BCUT2D eigenvalue weighted by Gasteiger charge is -2.06. The second-order valence-corrected chi connectivity index (χ2v) is 3.51. The van der Waals surface area contributed by atoms with Gasteiger partial charge in [0, 0.05) is 0 Å². The highest BCUT2D eigenvalue weighted by atomic mass is 35.5. The highest BCUT2D eigenvalue weighted by Gasteiger charge is 2.10. The Morgan fingerprint density at radius 1 is 1.41 bits per heavy atom. The zero-order valence-electron chi connectivity index (χ0n) is 8.46. The number of nitriles is 1. The van der Waals surface area contributed by atoms with Gasteiger partial charge in [0.25, 0.3) is 0 Å². The Morgan fingerprint density at radius 2 is 2.12 bits per heavy atom. The number of nitrogens with two attached hydrogens (primary N) is 1. The summed E-state index contributed by atoms with van der Waals surface area (Å²) < 4.78 is 0.942. The van der Waals surface area contributed by atoms with Crippen molar-refractivity contribution in [1.29, 1.82) is 5.26 Å². The van der Waals surface area contributed by atoms with Gasteiger partial charge in [0.1, 0.15) is 6.07 Å². The Labute approximate surface area is 101 Å². The maximum absolute atomic E-state index is 11.6. The Balaban J connectivity index is 2.74. The molecular weight excluding hydrogens is 242 g/mol. The first-order chi connectivity index (χ1) is 8.13. The summed E-state index contributed by atoms with van der Waals surface area (Å²) in [6.07, 6.45) is 0. The van der Waals surface area contributed by atoms with E-state index in [1.165, 1.54) is 0 Å². The van der Waals surface area contributed by atoms with Crippen LogP contribution in [-0.4, -0.2) is 14.8 Å². The van der Waals surface area contributed by atoms with E-state index in [2.05, 4.69) is 10.1 Å². The number of nitrogen functional groups attached to an aromatic ring is 1. The van der Waals surface area contributed by atoms with Gasteiger partial charge in [-0.1, -0.05) is 23.7 Å². The second kappa shape index (κ2) is 4.23. The van der Waals surface area contributed by atoms with Crippen LogP contribution in [0.25, 0.3) is 5.69 Å². The van der Waals surface area contributed by atoms with Crippen molar-refractivity contribution in [2.24, 2.45) is 0 Å². The van der Waals surface area contributed by atoms with Gasteiger partial charge in [-0.15, -0.1) is 5.10 Å². The Morgan fingerprint density at radius 3 is 2.76 bits per heavy atom. The molecule has 1 aromatic heterocycles. The van der Waals surface area contributed by atoms with E-state index in [4.69, 9.17) is 22.6 Å². The lowest BCUT2D eigenvalue weighted by molar-refractivity contribution is 0.759. The van der Waals surface area contributed by atoms with Crippen molar-refractivity contribution >= 4 is 17.4 Å². The molecule has 0 aliphatic carbocycles. The average Bonchev–Trinajstić information content (AvgIpc) is 2.31. The molecule has 1 aromatic carbocycles. The van der Waals surface area contributed by atoms with E-state index in [1.54, 1.807) is 30.3 Å². The molecular formula is C10H6ClN5O. The third-order valence-corrected chi connectivity index (χ3v) is 2.35. The molecule has 0 amide bonds. The lowest BCUT2D eigenvalue weighted by Crippen LogP contribution is -2.26. The third-order valence-electron chi connectivity index (χ3n) is 2.03. The smallest absolute Gasteiger partial charge is 0.370 e. The van der Waals surface area contributed by atoms with Gasteiger partial charge < -0.3 is 5.73 Å². The number of para-hydroxylation sites is 1. The molecule has 2 N–H and O–H groups in total. The molecule has 0 saturated heterocycles. The largest absolute Gasteiger partial charge is 0.381 e. The van der Waals surface area contributed by atoms with Crippen LogP contribution in [0.3, 0.4) is 0 Å². The number of rotatable bonds is 1. The standard InChI is InChI=1S/C10H6ClN5O/c11-6-3-1-2-4-8(6)16-10(17)14-9(13)7(5-12)15-16/h1-4H,(H2,13,14,17). The summed E-state index contributed by atoms with van der Waals surface area (Å²) in [6.45, 7) is 0. The van der Waals surface area contributed by atoms with Crippen LogP contribution in [0.4, 0.5) is 5.82 Å². The zero-order chi connectivity index (χ0) is 12.4. The highest BCUT2D eigenvalue weighted by Crippen LogP contribution is 2.17. The molecule has 0 atom stereocenters. The van der Waals surface area contributed by atoms with E-state index < -0.39 is 5.69 Å². The predicted molar refractivity (Wildman–Crippen MR) is 61.8 cm³/mol. The van der Waals surface area contributed by atoms with Gasteiger partial charge in [-0.25, -0.2) is 4.79 Å². The Hall–Kier alpha value is -2.39. The first-order valence-electron chi connectivity index (χ1n) is 4.55. The van der Waals surface area contributed by atoms with E-state index in [1.807, 2.05) is 0 Å². The minimum Gasteiger partial charge on any atom is -0.381 e. The molecule has 84 valence electrons. The number of hydrogen-bond donors (Lipinski definition) is 1. The van der Waals surface area contributed by atoms with Crippen LogP contribution >= 0.6 is 11.6 Å². The molecule has 1 heterocycles. The summed E-state index contributed by atoms with van der Waals surface area (Å²) in [5.41, 5.74) is 4.92. The topological polar surface area (TPSA) is 97.6 Å². The molecule has 0 fully saturated rings. The van der Waals surface area contributed by atoms with E-state index in [0.717, 1.165) is 4.68 Å². The Bertz CT molecular complexity index is 673. The minimum absolute atomic E-state index is 0.121. The van der Waals surface area contributed by atoms with Crippen LogP contribution in [0, 0.1) is 11.3 Å². The van der Waals surface area contributed by atoms with Crippen LogP contribution in [0.5, 0.6) is 0 Å². The lowest BCUT2D eigenvalue weighted by atomic mass is 10.3. The van der Waals surface area contributed by atoms with Crippen LogP contribution in [0.2, 0.25) is 5.02 Å². The first-order valence-corrected chi connectivity index (χ1v) is 4.93. The van der Waals surface area contributed by atoms with Crippen LogP contribution in [-0.2, 0) is 0 Å². The fraction of sp³-hybridized carbons (Fsp3) is 0. The van der Waals surface area contributed by atoms with Gasteiger partial charge in [0.2, 0.25) is 5.69 Å². The van der Waals surface area contributed by atoms with Crippen molar-refractivity contribution in [3.8, 4) is 11.8 Å². The molecule has 0 bridgehead atoms. The minimum atomic E-state index is -0.686. The number of halogens is 1. The summed E-state index contributed by atoms with van der Waals surface area (Å²) >= 11 is 5.92. The fourth-order valence-electron chi connectivity index (χ4n) is 1.26. The normalized spacial score (nSPS) is 9.88. The average molecular weight is 248 g/mol. The van der Waals surface area contributed by atoms with Crippen molar-refractivity contribution in [3.63, 3.8) is 0 Å². The molecule has 0 spiro atoms. The van der Waals surface area contributed by atoms with Crippen molar-refractivity contribution < 1.29 is 0 Å². The van der Waals surface area contributed by atoms with Crippen LogP contribution in [0.1, 0.15) is 5.69 Å². The number of anilines is 1. The van der Waals surface area contributed by atoms with E-state index in [-0.39, 0.29) is 11.5 Å². The summed E-state index contributed by atoms with van der Waals surface area (Å²) in [5, 5.41) is 12.9. The SMILES string of the molecule is N#Cc1nn(-c2ccccc2Cl)c(=O)nc1N. The number of nitrogens with zero attached hydrogens (tertiary/aromatic N) is 4. The third kappa shape index (κ3) is 1.96. The molecule has 0 aliphatic heterocycles. The van der Waals surface area contributed by atoms with Crippen LogP contribution < -0.4 is 11.4 Å². The number of aromatic nitrogens is 3. The first kappa shape index (κ1) is 11.1. The van der Waals surface area contributed by atoms with E-state index >= 15 is 0 Å². The van der Waals surface area contributed by atoms with Crippen molar-refractivity contribution in [3.05, 3.63) is 45.5 Å². The number of hydrogen-bond acceptors (Lipinski definition) is 5. The Kier molecular flexibility index (Phi) is 2.77. The molecule has 2 aromatic rings. The van der Waals surface area contributed by atoms with Gasteiger partial charge in [-0.05, 0) is 12.1 Å². The van der Waals surface area contributed by atoms with Gasteiger partial charge in [-0.2, -0.15) is 14.9 Å². The van der Waals surface area contributed by atoms with E-state index in [9.17, 15) is 4.79 Å². The summed E-state index contributed by atoms with van der Waals surface area (Å²) in [5.74, 6) is -0.194. The molecule has 0 saturated carbocycles.